The van der Waals surface area contributed by atoms with Crippen molar-refractivity contribution in [2.24, 2.45) is 14.1 Å². The molecule has 2 aliphatic rings. The van der Waals surface area contributed by atoms with Gasteiger partial charge >= 0.3 is 5.69 Å². The highest BCUT2D eigenvalue weighted by Crippen LogP contribution is 2.39. The van der Waals surface area contributed by atoms with Crippen molar-refractivity contribution in [1.82, 2.24) is 23.6 Å². The van der Waals surface area contributed by atoms with Crippen molar-refractivity contribution in [3.8, 4) is 0 Å². The second kappa shape index (κ2) is 9.14. The van der Waals surface area contributed by atoms with Crippen molar-refractivity contribution in [2.75, 3.05) is 26.2 Å². The third-order valence-corrected chi connectivity index (χ3v) is 6.66. The van der Waals surface area contributed by atoms with Crippen LogP contribution in [0.1, 0.15) is 26.2 Å². The van der Waals surface area contributed by atoms with E-state index in [9.17, 15) is 19.8 Å². The smallest absolute Gasteiger partial charge is 0.332 e. The summed E-state index contributed by atoms with van der Waals surface area (Å²) in [5.74, 6) is 0. The van der Waals surface area contributed by atoms with Crippen molar-refractivity contribution < 1.29 is 24.9 Å². The Morgan fingerprint density at radius 3 is 2.44 bits per heavy atom. The van der Waals surface area contributed by atoms with E-state index in [4.69, 9.17) is 14.6 Å². The number of likely N-dealkylation sites (tertiary alicyclic amines) is 1. The highest BCUT2D eigenvalue weighted by molar-refractivity contribution is 5.69. The maximum Gasteiger partial charge on any atom is 0.332 e. The van der Waals surface area contributed by atoms with Gasteiger partial charge < -0.3 is 29.5 Å². The highest BCUT2D eigenvalue weighted by Gasteiger charge is 2.52. The zero-order valence-electron chi connectivity index (χ0n) is 18.6. The number of aliphatic hydroxyl groups excluding tert-OH is 1. The molecule has 2 atom stereocenters. The molecule has 178 valence electrons. The van der Waals surface area contributed by atoms with Crippen LogP contribution >= 0.6 is 0 Å². The number of hydrogen-bond donors (Lipinski definition) is 3. The first-order valence-electron chi connectivity index (χ1n) is 10.5. The first-order chi connectivity index (χ1) is 15.1. The summed E-state index contributed by atoms with van der Waals surface area (Å²) in [6.45, 7) is 4.62. The van der Waals surface area contributed by atoms with Crippen LogP contribution in [0.5, 0.6) is 0 Å². The second-order valence-corrected chi connectivity index (χ2v) is 8.69. The fourth-order valence-electron chi connectivity index (χ4n) is 4.63. The summed E-state index contributed by atoms with van der Waals surface area (Å²) in [5.41, 5.74) is -1.74. The molecule has 3 N–H and O–H groups in total. The summed E-state index contributed by atoms with van der Waals surface area (Å²) in [6, 6.07) is 0. The molecule has 32 heavy (non-hydrogen) atoms. The zero-order valence-corrected chi connectivity index (χ0v) is 18.6. The van der Waals surface area contributed by atoms with Gasteiger partial charge in [0, 0.05) is 46.7 Å². The number of fused-ring (bicyclic) bond motifs is 1. The van der Waals surface area contributed by atoms with E-state index in [1.54, 1.807) is 24.9 Å². The van der Waals surface area contributed by atoms with Gasteiger partial charge in [-0.2, -0.15) is 0 Å². The summed E-state index contributed by atoms with van der Waals surface area (Å²) >= 11 is 0. The lowest BCUT2D eigenvalue weighted by atomic mass is 9.75. The molecule has 0 aromatic carbocycles. The van der Waals surface area contributed by atoms with Crippen molar-refractivity contribution in [1.29, 1.82) is 0 Å². The molecule has 0 bridgehead atoms. The number of aromatic nitrogens is 4. The molecule has 4 rings (SSSR count). The van der Waals surface area contributed by atoms with Crippen molar-refractivity contribution >= 4 is 17.6 Å². The topological polar surface area (TPSA) is 152 Å². The van der Waals surface area contributed by atoms with Crippen LogP contribution in [0, 0.1) is 0 Å². The van der Waals surface area contributed by atoms with Gasteiger partial charge in [-0.3, -0.25) is 18.7 Å². The van der Waals surface area contributed by atoms with Crippen LogP contribution in [0.15, 0.2) is 15.9 Å². The molecule has 4 heterocycles. The fourth-order valence-corrected chi connectivity index (χ4v) is 4.63. The van der Waals surface area contributed by atoms with Gasteiger partial charge in [-0.05, 0) is 19.8 Å². The standard InChI is InChI=1S/C19H29N5O5.CH2O2/c1-18(28)6-11-29-19(16(18)26)4-7-23(8-5-19)9-10-24-12-20-14-13(24)15(25)22(3)17(27)21(14)2;2-1-3/h12,16,26,28H,4-11H2,1-3H3;1H,(H,2,3)/t16-,18+;/m0./s1. The molecule has 0 saturated carbocycles. The third-order valence-electron chi connectivity index (χ3n) is 6.66. The largest absolute Gasteiger partial charge is 0.483 e. The van der Waals surface area contributed by atoms with Crippen molar-refractivity contribution in [2.45, 2.75) is 50.0 Å². The quantitative estimate of drug-likeness (QED) is 0.472. The Labute approximate surface area is 184 Å². The van der Waals surface area contributed by atoms with Crippen LogP contribution in [0.2, 0.25) is 0 Å². The van der Waals surface area contributed by atoms with Gasteiger partial charge in [0.1, 0.15) is 6.10 Å². The number of aliphatic hydroxyl groups is 2. The van der Waals surface area contributed by atoms with E-state index in [1.165, 1.54) is 11.6 Å². The Balaban J connectivity index is 0.000000913. The summed E-state index contributed by atoms with van der Waals surface area (Å²) < 4.78 is 10.2. The van der Waals surface area contributed by atoms with Crippen LogP contribution in [-0.4, -0.2) is 88.9 Å². The van der Waals surface area contributed by atoms with E-state index in [0.29, 0.717) is 50.1 Å². The number of hydrogen-bond acceptors (Lipinski definition) is 8. The summed E-state index contributed by atoms with van der Waals surface area (Å²) in [5, 5.41) is 28.0. The number of rotatable bonds is 3. The predicted molar refractivity (Wildman–Crippen MR) is 115 cm³/mol. The number of carboxylic acid groups (broad SMARTS) is 1. The van der Waals surface area contributed by atoms with Gasteiger partial charge in [0.25, 0.3) is 12.0 Å². The van der Waals surface area contributed by atoms with Gasteiger partial charge in [-0.25, -0.2) is 9.78 Å². The van der Waals surface area contributed by atoms with Gasteiger partial charge in [0.15, 0.2) is 11.2 Å². The van der Waals surface area contributed by atoms with Gasteiger partial charge in [-0.15, -0.1) is 0 Å². The minimum atomic E-state index is -1.12. The Morgan fingerprint density at radius 1 is 1.19 bits per heavy atom. The molecule has 12 heteroatoms. The van der Waals surface area contributed by atoms with Crippen LogP contribution in [0.3, 0.4) is 0 Å². The number of aryl methyl sites for hydroxylation is 1. The number of nitrogens with zero attached hydrogens (tertiary/aromatic N) is 5. The van der Waals surface area contributed by atoms with Crippen LogP contribution in [-0.2, 0) is 30.2 Å². The number of carbonyl (C=O) groups is 1. The van der Waals surface area contributed by atoms with Crippen molar-refractivity contribution in [3.05, 3.63) is 27.2 Å². The maximum absolute atomic E-state index is 12.5. The van der Waals surface area contributed by atoms with E-state index >= 15 is 0 Å². The molecule has 2 aliphatic heterocycles. The first kappa shape index (κ1) is 24.1. The van der Waals surface area contributed by atoms with E-state index in [2.05, 4.69) is 9.88 Å². The Bertz CT molecular complexity index is 1080. The minimum absolute atomic E-state index is 0.250. The lowest BCUT2D eigenvalue weighted by Crippen LogP contribution is -2.64. The average Bonchev–Trinajstić information content (AvgIpc) is 3.19. The molecule has 0 unspecified atom stereocenters. The molecular weight excluding hydrogens is 422 g/mol. The zero-order chi connectivity index (χ0) is 23.7. The SMILES string of the molecule is Cn1c(=O)c2c(ncn2CCN2CCC3(CC2)OCC[C@@](C)(O)[C@@H]3O)n(C)c1=O.O=CO. The van der Waals surface area contributed by atoms with Gasteiger partial charge in [0.05, 0.1) is 24.1 Å². The third kappa shape index (κ3) is 4.22. The van der Waals surface area contributed by atoms with E-state index in [-0.39, 0.29) is 12.0 Å². The minimum Gasteiger partial charge on any atom is -0.483 e. The molecule has 2 fully saturated rings. The lowest BCUT2D eigenvalue weighted by molar-refractivity contribution is -0.246. The first-order valence-corrected chi connectivity index (χ1v) is 10.5. The summed E-state index contributed by atoms with van der Waals surface area (Å²) in [4.78, 5) is 39.5. The van der Waals surface area contributed by atoms with Crippen LogP contribution in [0.4, 0.5) is 0 Å². The molecule has 2 saturated heterocycles. The summed E-state index contributed by atoms with van der Waals surface area (Å²) in [7, 11) is 3.08. The normalized spacial score (nSPS) is 25.5. The molecular formula is C20H31N5O7. The monoisotopic (exact) mass is 453 g/mol. The predicted octanol–water partition coefficient (Wildman–Crippen LogP) is -1.50. The Kier molecular flexibility index (Phi) is 6.89. The number of ether oxygens (including phenoxy) is 1. The maximum atomic E-state index is 12.5. The van der Waals surface area contributed by atoms with E-state index in [1.807, 2.05) is 0 Å². The summed E-state index contributed by atoms with van der Waals surface area (Å²) in [6.07, 6.45) is 2.43. The Morgan fingerprint density at radius 2 is 1.81 bits per heavy atom. The van der Waals surface area contributed by atoms with E-state index in [0.717, 1.165) is 17.7 Å². The molecule has 12 nitrogen and oxygen atoms in total. The molecule has 2 aromatic rings. The van der Waals surface area contributed by atoms with Crippen molar-refractivity contribution in [3.63, 3.8) is 0 Å². The molecule has 0 amide bonds. The second-order valence-electron chi connectivity index (χ2n) is 8.69. The van der Waals surface area contributed by atoms with Crippen LogP contribution < -0.4 is 11.2 Å². The average molecular weight is 453 g/mol. The van der Waals surface area contributed by atoms with Gasteiger partial charge in [0.2, 0.25) is 0 Å². The van der Waals surface area contributed by atoms with E-state index < -0.39 is 23.0 Å². The fraction of sp³-hybridized carbons (Fsp3) is 0.700. The molecule has 0 aliphatic carbocycles. The number of piperidine rings is 1. The lowest BCUT2D eigenvalue weighted by Gasteiger charge is -2.51. The van der Waals surface area contributed by atoms with Crippen LogP contribution in [0.25, 0.3) is 11.2 Å². The highest BCUT2D eigenvalue weighted by atomic mass is 16.5. The molecule has 1 spiro atoms. The molecule has 2 aromatic heterocycles. The van der Waals surface area contributed by atoms with Gasteiger partial charge in [-0.1, -0.05) is 0 Å². The molecule has 0 radical (unpaired) electrons. The number of imidazole rings is 1. The Hall–Kier alpha value is -2.54.